The van der Waals surface area contributed by atoms with Crippen LogP contribution in [0.3, 0.4) is 0 Å². The molecule has 1 aromatic carbocycles. The summed E-state index contributed by atoms with van der Waals surface area (Å²) in [5, 5.41) is 14.6. The molecule has 0 aliphatic rings. The summed E-state index contributed by atoms with van der Waals surface area (Å²) < 4.78 is 24.4. The van der Waals surface area contributed by atoms with Crippen molar-refractivity contribution in [2.45, 2.75) is 19.5 Å². The summed E-state index contributed by atoms with van der Waals surface area (Å²) in [4.78, 5) is 0. The van der Waals surface area contributed by atoms with Crippen LogP contribution in [-0.2, 0) is 17.3 Å². The van der Waals surface area contributed by atoms with Crippen LogP contribution in [0.2, 0.25) is 0 Å². The Morgan fingerprint density at radius 2 is 2.26 bits per heavy atom. The summed E-state index contributed by atoms with van der Waals surface area (Å²) >= 11 is 0. The predicted molar refractivity (Wildman–Crippen MR) is 74.1 cm³/mol. The molecule has 0 spiro atoms. The van der Waals surface area contributed by atoms with Gasteiger partial charge in [-0.25, -0.2) is 4.39 Å². The first kappa shape index (κ1) is 15.6. The number of amidine groups is 1. The van der Waals surface area contributed by atoms with Gasteiger partial charge in [0.05, 0.1) is 0 Å². The highest BCUT2D eigenvalue weighted by molar-refractivity contribution is 7.84. The molecule has 0 heterocycles. The van der Waals surface area contributed by atoms with E-state index in [1.54, 1.807) is 12.3 Å². The van der Waals surface area contributed by atoms with E-state index in [-0.39, 0.29) is 11.9 Å². The lowest BCUT2D eigenvalue weighted by molar-refractivity contribution is 0.318. The standard InChI is InChI=1S/C12H18FN3O2S/c1-8(7-19(2)18)15-6-9-3-10(12(14)16-17)5-11(13)4-9/h3-5,8,15,17H,6-7H2,1-2H3,(H2,14,16). The van der Waals surface area contributed by atoms with E-state index in [9.17, 15) is 8.60 Å². The highest BCUT2D eigenvalue weighted by Crippen LogP contribution is 2.09. The van der Waals surface area contributed by atoms with Crippen LogP contribution < -0.4 is 11.1 Å². The van der Waals surface area contributed by atoms with Crippen molar-refractivity contribution in [2.24, 2.45) is 10.9 Å². The molecule has 19 heavy (non-hydrogen) atoms. The number of rotatable bonds is 6. The van der Waals surface area contributed by atoms with E-state index in [1.807, 2.05) is 6.92 Å². The summed E-state index contributed by atoms with van der Waals surface area (Å²) in [7, 11) is -0.880. The second-order valence-electron chi connectivity index (χ2n) is 4.36. The Kier molecular flexibility index (Phi) is 5.91. The first-order valence-electron chi connectivity index (χ1n) is 5.73. The molecule has 4 N–H and O–H groups in total. The van der Waals surface area contributed by atoms with Crippen LogP contribution in [0.5, 0.6) is 0 Å². The van der Waals surface area contributed by atoms with Gasteiger partial charge in [0.1, 0.15) is 5.82 Å². The zero-order valence-corrected chi connectivity index (χ0v) is 11.7. The maximum absolute atomic E-state index is 13.4. The predicted octanol–water partition coefficient (Wildman–Crippen LogP) is 0.777. The van der Waals surface area contributed by atoms with Gasteiger partial charge < -0.3 is 16.3 Å². The van der Waals surface area contributed by atoms with Gasteiger partial charge in [0.2, 0.25) is 0 Å². The Morgan fingerprint density at radius 1 is 1.58 bits per heavy atom. The van der Waals surface area contributed by atoms with E-state index >= 15 is 0 Å². The average Bonchev–Trinajstić information content (AvgIpc) is 2.34. The largest absolute Gasteiger partial charge is 0.409 e. The van der Waals surface area contributed by atoms with E-state index in [1.165, 1.54) is 12.1 Å². The van der Waals surface area contributed by atoms with Gasteiger partial charge in [0, 0.05) is 41.0 Å². The fraction of sp³-hybridized carbons (Fsp3) is 0.417. The SMILES string of the molecule is CC(CS(C)=O)NCc1cc(F)cc(/C(N)=N/O)c1. The van der Waals surface area contributed by atoms with Crippen LogP contribution >= 0.6 is 0 Å². The molecule has 0 saturated carbocycles. The molecule has 0 fully saturated rings. The molecule has 0 bridgehead atoms. The third-order valence-electron chi connectivity index (χ3n) is 2.50. The molecular formula is C12H18FN3O2S. The third-order valence-corrected chi connectivity index (χ3v) is 3.47. The van der Waals surface area contributed by atoms with Crippen LogP contribution in [-0.4, -0.2) is 33.3 Å². The van der Waals surface area contributed by atoms with Gasteiger partial charge in [0.25, 0.3) is 0 Å². The second kappa shape index (κ2) is 7.20. The lowest BCUT2D eigenvalue weighted by Crippen LogP contribution is -2.30. The van der Waals surface area contributed by atoms with Crippen molar-refractivity contribution >= 4 is 16.6 Å². The number of hydrogen-bond acceptors (Lipinski definition) is 4. The van der Waals surface area contributed by atoms with Crippen LogP contribution in [0.4, 0.5) is 4.39 Å². The van der Waals surface area contributed by atoms with Gasteiger partial charge in [-0.1, -0.05) is 5.16 Å². The van der Waals surface area contributed by atoms with Crippen LogP contribution in [0, 0.1) is 5.82 Å². The van der Waals surface area contributed by atoms with Crippen molar-refractivity contribution in [1.82, 2.24) is 5.32 Å². The van der Waals surface area contributed by atoms with Gasteiger partial charge in [0.15, 0.2) is 5.84 Å². The monoisotopic (exact) mass is 287 g/mol. The van der Waals surface area contributed by atoms with Crippen LogP contribution in [0.1, 0.15) is 18.1 Å². The summed E-state index contributed by atoms with van der Waals surface area (Å²) in [5.41, 5.74) is 6.43. The highest BCUT2D eigenvalue weighted by atomic mass is 32.2. The Bertz CT molecular complexity index is 494. The molecule has 0 aliphatic carbocycles. The number of nitrogens with zero attached hydrogens (tertiary/aromatic N) is 1. The number of halogens is 1. The number of benzene rings is 1. The smallest absolute Gasteiger partial charge is 0.170 e. The lowest BCUT2D eigenvalue weighted by atomic mass is 10.1. The number of nitrogens with two attached hydrogens (primary N) is 1. The summed E-state index contributed by atoms with van der Waals surface area (Å²) in [5.74, 6) is -0.0568. The number of hydrogen-bond donors (Lipinski definition) is 3. The van der Waals surface area contributed by atoms with Crippen molar-refractivity contribution in [3.05, 3.63) is 35.1 Å². The fourth-order valence-electron chi connectivity index (χ4n) is 1.66. The van der Waals surface area contributed by atoms with Gasteiger partial charge >= 0.3 is 0 Å². The summed E-state index contributed by atoms with van der Waals surface area (Å²) in [6.45, 7) is 2.33. The maximum Gasteiger partial charge on any atom is 0.170 e. The first-order valence-corrected chi connectivity index (χ1v) is 7.46. The summed E-state index contributed by atoms with van der Waals surface area (Å²) in [6.07, 6.45) is 1.64. The Balaban J connectivity index is 2.73. The van der Waals surface area contributed by atoms with E-state index in [4.69, 9.17) is 10.9 Å². The van der Waals surface area contributed by atoms with E-state index < -0.39 is 16.6 Å². The van der Waals surface area contributed by atoms with Crippen molar-refractivity contribution in [1.29, 1.82) is 0 Å². The maximum atomic E-state index is 13.4. The molecule has 5 nitrogen and oxygen atoms in total. The van der Waals surface area contributed by atoms with Crippen LogP contribution in [0.15, 0.2) is 23.4 Å². The van der Waals surface area contributed by atoms with Gasteiger partial charge in [-0.3, -0.25) is 4.21 Å². The first-order chi connectivity index (χ1) is 8.92. The van der Waals surface area contributed by atoms with Gasteiger partial charge in [-0.15, -0.1) is 0 Å². The van der Waals surface area contributed by atoms with E-state index in [0.29, 0.717) is 23.4 Å². The van der Waals surface area contributed by atoms with E-state index in [0.717, 1.165) is 0 Å². The normalized spacial score (nSPS) is 15.2. The van der Waals surface area contributed by atoms with Crippen molar-refractivity contribution in [3.63, 3.8) is 0 Å². The second-order valence-corrected chi connectivity index (χ2v) is 5.83. The lowest BCUT2D eigenvalue weighted by Gasteiger charge is -2.13. The Hall–Kier alpha value is -1.47. The minimum atomic E-state index is -0.880. The summed E-state index contributed by atoms with van der Waals surface area (Å²) in [6, 6.07) is 4.27. The zero-order valence-electron chi connectivity index (χ0n) is 10.9. The fourth-order valence-corrected chi connectivity index (χ4v) is 2.48. The topological polar surface area (TPSA) is 87.7 Å². The molecule has 0 amide bonds. The van der Waals surface area contributed by atoms with E-state index in [2.05, 4.69) is 10.5 Å². The molecule has 2 unspecified atom stereocenters. The van der Waals surface area contributed by atoms with Crippen molar-refractivity contribution in [2.75, 3.05) is 12.0 Å². The number of oxime groups is 1. The molecule has 7 heteroatoms. The molecule has 0 saturated heterocycles. The van der Waals surface area contributed by atoms with Crippen LogP contribution in [0.25, 0.3) is 0 Å². The molecule has 0 aliphatic heterocycles. The average molecular weight is 287 g/mol. The quantitative estimate of drug-likeness (QED) is 0.312. The highest BCUT2D eigenvalue weighted by Gasteiger charge is 2.07. The molecule has 0 radical (unpaired) electrons. The molecule has 106 valence electrons. The van der Waals surface area contributed by atoms with Crippen molar-refractivity contribution < 1.29 is 13.8 Å². The third kappa shape index (κ3) is 5.35. The Labute approximate surface area is 114 Å². The molecular weight excluding hydrogens is 269 g/mol. The van der Waals surface area contributed by atoms with Gasteiger partial charge in [-0.05, 0) is 30.7 Å². The minimum absolute atomic E-state index is 0.0569. The molecule has 1 aromatic rings. The van der Waals surface area contributed by atoms with Gasteiger partial charge in [-0.2, -0.15) is 0 Å². The minimum Gasteiger partial charge on any atom is -0.409 e. The zero-order chi connectivity index (χ0) is 14.4. The molecule has 1 rings (SSSR count). The Morgan fingerprint density at radius 3 is 2.84 bits per heavy atom. The molecule has 0 aromatic heterocycles. The molecule has 2 atom stereocenters. The van der Waals surface area contributed by atoms with Crippen molar-refractivity contribution in [3.8, 4) is 0 Å². The number of nitrogens with one attached hydrogen (secondary N) is 1.